The van der Waals surface area contributed by atoms with Crippen molar-refractivity contribution in [3.8, 4) is 0 Å². The van der Waals surface area contributed by atoms with Crippen LogP contribution in [-0.4, -0.2) is 19.0 Å². The van der Waals surface area contributed by atoms with Crippen molar-refractivity contribution in [1.82, 2.24) is 0 Å². The maximum atomic E-state index is 11.3. The average molecular weight is 154 g/mol. The molecule has 2 atom stereocenters. The number of allylic oxidation sites excluding steroid dienone is 1. The number of Topliss-reactive ketones (excluding diaryl/α,β-unsaturated/α-hetero) is 1. The zero-order chi connectivity index (χ0) is 8.27. The summed E-state index contributed by atoms with van der Waals surface area (Å²) in [4.78, 5) is 11.3. The zero-order valence-electron chi connectivity index (χ0n) is 6.88. The third kappa shape index (κ3) is 1.90. The van der Waals surface area contributed by atoms with Gasteiger partial charge in [-0.05, 0) is 5.92 Å². The smallest absolute Gasteiger partial charge is 0.141 e. The van der Waals surface area contributed by atoms with Crippen LogP contribution in [0.25, 0.3) is 0 Å². The van der Waals surface area contributed by atoms with Gasteiger partial charge in [-0.25, -0.2) is 0 Å². The largest absolute Gasteiger partial charge is 0.380 e. The van der Waals surface area contributed by atoms with E-state index in [4.69, 9.17) is 4.74 Å². The third-order valence-corrected chi connectivity index (χ3v) is 2.21. The Kier molecular flexibility index (Phi) is 2.83. The Morgan fingerprint density at radius 2 is 2.55 bits per heavy atom. The van der Waals surface area contributed by atoms with E-state index in [1.165, 1.54) is 0 Å². The molecule has 0 N–H and O–H groups in total. The van der Waals surface area contributed by atoms with Crippen molar-refractivity contribution in [2.75, 3.05) is 13.2 Å². The van der Waals surface area contributed by atoms with Gasteiger partial charge in [0.2, 0.25) is 0 Å². The van der Waals surface area contributed by atoms with Crippen molar-refractivity contribution in [2.45, 2.75) is 13.3 Å². The van der Waals surface area contributed by atoms with Crippen LogP contribution >= 0.6 is 0 Å². The fourth-order valence-corrected chi connectivity index (χ4v) is 1.27. The fraction of sp³-hybridized carbons (Fsp3) is 0.667. The van der Waals surface area contributed by atoms with Crippen LogP contribution in [0.4, 0.5) is 0 Å². The Hall–Kier alpha value is -0.630. The van der Waals surface area contributed by atoms with E-state index in [0.717, 1.165) is 0 Å². The molecule has 11 heavy (non-hydrogen) atoms. The Morgan fingerprint density at radius 3 is 3.09 bits per heavy atom. The summed E-state index contributed by atoms with van der Waals surface area (Å²) in [5, 5.41) is 0. The van der Waals surface area contributed by atoms with E-state index < -0.39 is 0 Å². The molecule has 1 heterocycles. The number of hydrogen-bond donors (Lipinski definition) is 0. The Bertz CT molecular complexity index is 163. The van der Waals surface area contributed by atoms with E-state index in [-0.39, 0.29) is 11.8 Å². The standard InChI is InChI=1S/C9H14O2/c1-3-7(2)8-6-11-5-4-9(8)10/h3,7-8H,1,4-6H2,2H3. The highest BCUT2D eigenvalue weighted by Crippen LogP contribution is 2.19. The number of ether oxygens (including phenoxy) is 1. The van der Waals surface area contributed by atoms with Gasteiger partial charge in [0.05, 0.1) is 13.2 Å². The number of hydrogen-bond acceptors (Lipinski definition) is 2. The molecule has 0 bridgehead atoms. The maximum absolute atomic E-state index is 11.3. The molecule has 0 saturated carbocycles. The van der Waals surface area contributed by atoms with Gasteiger partial charge in [0.15, 0.2) is 0 Å². The van der Waals surface area contributed by atoms with Crippen molar-refractivity contribution < 1.29 is 9.53 Å². The number of carbonyl (C=O) groups excluding carboxylic acids is 1. The first-order valence-electron chi connectivity index (χ1n) is 3.98. The summed E-state index contributed by atoms with van der Waals surface area (Å²) in [6, 6.07) is 0. The first-order chi connectivity index (χ1) is 5.25. The summed E-state index contributed by atoms with van der Waals surface area (Å²) in [6.07, 6.45) is 2.39. The molecule has 62 valence electrons. The highest BCUT2D eigenvalue weighted by atomic mass is 16.5. The summed E-state index contributed by atoms with van der Waals surface area (Å²) in [7, 11) is 0. The fourth-order valence-electron chi connectivity index (χ4n) is 1.27. The minimum absolute atomic E-state index is 0.0567. The molecule has 0 amide bonds. The van der Waals surface area contributed by atoms with Gasteiger partial charge in [-0.3, -0.25) is 4.79 Å². The van der Waals surface area contributed by atoms with Crippen molar-refractivity contribution in [3.63, 3.8) is 0 Å². The average Bonchev–Trinajstić information content (AvgIpc) is 2.04. The van der Waals surface area contributed by atoms with E-state index in [2.05, 4.69) is 6.58 Å². The lowest BCUT2D eigenvalue weighted by Gasteiger charge is -2.24. The molecule has 1 fully saturated rings. The van der Waals surface area contributed by atoms with Crippen molar-refractivity contribution in [2.24, 2.45) is 11.8 Å². The summed E-state index contributed by atoms with van der Waals surface area (Å²) in [5.74, 6) is 0.632. The minimum Gasteiger partial charge on any atom is -0.380 e. The predicted molar refractivity (Wildman–Crippen MR) is 43.3 cm³/mol. The van der Waals surface area contributed by atoms with Gasteiger partial charge >= 0.3 is 0 Å². The topological polar surface area (TPSA) is 26.3 Å². The molecule has 2 unspecified atom stereocenters. The second-order valence-electron chi connectivity index (χ2n) is 2.99. The summed E-state index contributed by atoms with van der Waals surface area (Å²) in [6.45, 7) is 6.84. The van der Waals surface area contributed by atoms with E-state index in [0.29, 0.717) is 25.4 Å². The summed E-state index contributed by atoms with van der Waals surface area (Å²) in [5.41, 5.74) is 0. The van der Waals surface area contributed by atoms with E-state index >= 15 is 0 Å². The minimum atomic E-state index is 0.0567. The normalized spacial score (nSPS) is 28.1. The molecule has 1 aliphatic rings. The summed E-state index contributed by atoms with van der Waals surface area (Å²) >= 11 is 0. The van der Waals surface area contributed by atoms with Crippen LogP contribution in [0.5, 0.6) is 0 Å². The monoisotopic (exact) mass is 154 g/mol. The van der Waals surface area contributed by atoms with E-state index in [9.17, 15) is 4.79 Å². The molecular weight excluding hydrogens is 140 g/mol. The van der Waals surface area contributed by atoms with E-state index in [1.807, 2.05) is 13.0 Å². The predicted octanol–water partition coefficient (Wildman–Crippen LogP) is 1.41. The van der Waals surface area contributed by atoms with Crippen LogP contribution in [0.2, 0.25) is 0 Å². The molecule has 2 heteroatoms. The molecule has 0 aromatic carbocycles. The quantitative estimate of drug-likeness (QED) is 0.562. The zero-order valence-corrected chi connectivity index (χ0v) is 6.88. The molecule has 0 aliphatic carbocycles. The van der Waals surface area contributed by atoms with Crippen LogP contribution in [-0.2, 0) is 9.53 Å². The van der Waals surface area contributed by atoms with Gasteiger partial charge in [0.25, 0.3) is 0 Å². The van der Waals surface area contributed by atoms with Crippen molar-refractivity contribution >= 4 is 5.78 Å². The maximum Gasteiger partial charge on any atom is 0.141 e. The Balaban J connectivity index is 2.53. The van der Waals surface area contributed by atoms with Gasteiger partial charge in [-0.2, -0.15) is 0 Å². The van der Waals surface area contributed by atoms with Crippen LogP contribution in [0.15, 0.2) is 12.7 Å². The van der Waals surface area contributed by atoms with Crippen LogP contribution in [0.1, 0.15) is 13.3 Å². The van der Waals surface area contributed by atoms with Crippen molar-refractivity contribution in [1.29, 1.82) is 0 Å². The molecule has 0 radical (unpaired) electrons. The number of carbonyl (C=O) groups is 1. The molecule has 0 spiro atoms. The third-order valence-electron chi connectivity index (χ3n) is 2.21. The van der Waals surface area contributed by atoms with Crippen LogP contribution < -0.4 is 0 Å². The molecule has 1 rings (SSSR count). The van der Waals surface area contributed by atoms with Gasteiger partial charge in [0, 0.05) is 12.3 Å². The molecule has 1 saturated heterocycles. The Labute approximate surface area is 67.2 Å². The number of rotatable bonds is 2. The van der Waals surface area contributed by atoms with Crippen LogP contribution in [0, 0.1) is 11.8 Å². The molecular formula is C9H14O2. The first kappa shape index (κ1) is 8.47. The lowest BCUT2D eigenvalue weighted by molar-refractivity contribution is -0.131. The van der Waals surface area contributed by atoms with Gasteiger partial charge in [-0.1, -0.05) is 13.0 Å². The van der Waals surface area contributed by atoms with E-state index in [1.54, 1.807) is 0 Å². The van der Waals surface area contributed by atoms with Crippen molar-refractivity contribution in [3.05, 3.63) is 12.7 Å². The van der Waals surface area contributed by atoms with Gasteiger partial charge < -0.3 is 4.74 Å². The Morgan fingerprint density at radius 1 is 1.82 bits per heavy atom. The first-order valence-corrected chi connectivity index (χ1v) is 3.98. The van der Waals surface area contributed by atoms with Gasteiger partial charge in [0.1, 0.15) is 5.78 Å². The lowest BCUT2D eigenvalue weighted by Crippen LogP contribution is -2.31. The second kappa shape index (κ2) is 3.67. The molecule has 0 aromatic heterocycles. The highest BCUT2D eigenvalue weighted by molar-refractivity contribution is 5.82. The molecule has 2 nitrogen and oxygen atoms in total. The number of ketones is 1. The molecule has 0 aromatic rings. The molecule has 1 aliphatic heterocycles. The van der Waals surface area contributed by atoms with Crippen LogP contribution in [0.3, 0.4) is 0 Å². The SMILES string of the molecule is C=CC(C)C1COCCC1=O. The van der Waals surface area contributed by atoms with Gasteiger partial charge in [-0.15, -0.1) is 6.58 Å². The summed E-state index contributed by atoms with van der Waals surface area (Å²) < 4.78 is 5.21. The lowest BCUT2D eigenvalue weighted by atomic mass is 9.88. The highest BCUT2D eigenvalue weighted by Gasteiger charge is 2.26. The second-order valence-corrected chi connectivity index (χ2v) is 2.99.